The summed E-state index contributed by atoms with van der Waals surface area (Å²) < 4.78 is 1.70. The molecule has 1 aromatic heterocycles. The Morgan fingerprint density at radius 3 is 2.58 bits per heavy atom. The standard InChI is InChI=1S/C12H9BrCl2N2OS/c1-17(9-3-2-6(13)4-8(9)16)12(18)7-5-10(14)19-11(7)15/h2-5H,16H2,1H3. The Morgan fingerprint density at radius 1 is 1.37 bits per heavy atom. The van der Waals surface area contributed by atoms with E-state index in [0.29, 0.717) is 25.6 Å². The van der Waals surface area contributed by atoms with Crippen LogP contribution in [0.15, 0.2) is 28.7 Å². The average molecular weight is 380 g/mol. The van der Waals surface area contributed by atoms with E-state index in [0.717, 1.165) is 15.8 Å². The lowest BCUT2D eigenvalue weighted by molar-refractivity contribution is 0.0993. The molecule has 7 heteroatoms. The maximum atomic E-state index is 12.3. The molecule has 0 spiro atoms. The molecule has 100 valence electrons. The van der Waals surface area contributed by atoms with Gasteiger partial charge < -0.3 is 10.6 Å². The highest BCUT2D eigenvalue weighted by atomic mass is 79.9. The van der Waals surface area contributed by atoms with Crippen molar-refractivity contribution in [3.05, 3.63) is 43.0 Å². The minimum absolute atomic E-state index is 0.248. The summed E-state index contributed by atoms with van der Waals surface area (Å²) >= 11 is 16.3. The van der Waals surface area contributed by atoms with Crippen molar-refractivity contribution < 1.29 is 4.79 Å². The van der Waals surface area contributed by atoms with Crippen LogP contribution in [0.4, 0.5) is 11.4 Å². The Kier molecular flexibility index (Phi) is 4.40. The molecule has 0 fully saturated rings. The molecule has 0 aliphatic rings. The molecule has 1 heterocycles. The van der Waals surface area contributed by atoms with E-state index in [-0.39, 0.29) is 5.91 Å². The number of benzene rings is 1. The van der Waals surface area contributed by atoms with E-state index in [1.165, 1.54) is 4.90 Å². The van der Waals surface area contributed by atoms with Gasteiger partial charge in [0.15, 0.2) is 0 Å². The first-order valence-electron chi connectivity index (χ1n) is 5.18. The van der Waals surface area contributed by atoms with Gasteiger partial charge in [0.05, 0.1) is 21.3 Å². The van der Waals surface area contributed by atoms with E-state index in [1.807, 2.05) is 6.07 Å². The molecule has 0 saturated carbocycles. The van der Waals surface area contributed by atoms with Crippen LogP contribution in [0.1, 0.15) is 10.4 Å². The normalized spacial score (nSPS) is 10.5. The molecular formula is C12H9BrCl2N2OS. The molecule has 0 unspecified atom stereocenters. The zero-order valence-electron chi connectivity index (χ0n) is 9.78. The van der Waals surface area contributed by atoms with Gasteiger partial charge in [-0.2, -0.15) is 0 Å². The van der Waals surface area contributed by atoms with Crippen LogP contribution in [0.2, 0.25) is 8.67 Å². The number of halogens is 3. The van der Waals surface area contributed by atoms with E-state index in [1.54, 1.807) is 25.2 Å². The molecule has 0 bridgehead atoms. The number of carbonyl (C=O) groups is 1. The van der Waals surface area contributed by atoms with Crippen molar-refractivity contribution in [3.63, 3.8) is 0 Å². The highest BCUT2D eigenvalue weighted by molar-refractivity contribution is 9.10. The maximum absolute atomic E-state index is 12.3. The summed E-state index contributed by atoms with van der Waals surface area (Å²) in [5.74, 6) is -0.248. The molecule has 3 nitrogen and oxygen atoms in total. The number of nitrogens with two attached hydrogens (primary N) is 1. The molecule has 1 aromatic carbocycles. The quantitative estimate of drug-likeness (QED) is 0.770. The van der Waals surface area contributed by atoms with Gasteiger partial charge in [0, 0.05) is 11.5 Å². The minimum atomic E-state index is -0.248. The van der Waals surface area contributed by atoms with E-state index in [4.69, 9.17) is 28.9 Å². The number of rotatable bonds is 2. The topological polar surface area (TPSA) is 46.3 Å². The molecule has 19 heavy (non-hydrogen) atoms. The van der Waals surface area contributed by atoms with Crippen molar-refractivity contribution in [2.45, 2.75) is 0 Å². The zero-order valence-corrected chi connectivity index (χ0v) is 13.7. The molecule has 0 aliphatic heterocycles. The predicted molar refractivity (Wildman–Crippen MR) is 85.6 cm³/mol. The van der Waals surface area contributed by atoms with Crippen molar-refractivity contribution in [2.75, 3.05) is 17.7 Å². The maximum Gasteiger partial charge on any atom is 0.260 e. The van der Waals surface area contributed by atoms with E-state index >= 15 is 0 Å². The van der Waals surface area contributed by atoms with Gasteiger partial charge in [-0.15, -0.1) is 11.3 Å². The first-order valence-corrected chi connectivity index (χ1v) is 7.54. The number of hydrogen-bond donors (Lipinski definition) is 1. The Morgan fingerprint density at radius 2 is 2.05 bits per heavy atom. The monoisotopic (exact) mass is 378 g/mol. The van der Waals surface area contributed by atoms with Gasteiger partial charge in [-0.1, -0.05) is 39.1 Å². The van der Waals surface area contributed by atoms with Crippen LogP contribution in [0, 0.1) is 0 Å². The summed E-state index contributed by atoms with van der Waals surface area (Å²) in [5, 5.41) is 0. The van der Waals surface area contributed by atoms with E-state index in [2.05, 4.69) is 15.9 Å². The van der Waals surface area contributed by atoms with E-state index < -0.39 is 0 Å². The molecular weight excluding hydrogens is 371 g/mol. The van der Waals surface area contributed by atoms with E-state index in [9.17, 15) is 4.79 Å². The number of nitrogen functional groups attached to an aromatic ring is 1. The number of anilines is 2. The number of thiophene rings is 1. The van der Waals surface area contributed by atoms with Crippen LogP contribution in [0.5, 0.6) is 0 Å². The van der Waals surface area contributed by atoms with Gasteiger partial charge in [-0.3, -0.25) is 4.79 Å². The van der Waals surface area contributed by atoms with Crippen molar-refractivity contribution in [3.8, 4) is 0 Å². The van der Waals surface area contributed by atoms with Gasteiger partial charge in [0.2, 0.25) is 0 Å². The van der Waals surface area contributed by atoms with Gasteiger partial charge >= 0.3 is 0 Å². The molecule has 0 aliphatic carbocycles. The Balaban J connectivity index is 2.36. The number of amides is 1. The van der Waals surface area contributed by atoms with Crippen LogP contribution < -0.4 is 10.6 Å². The summed E-state index contributed by atoms with van der Waals surface area (Å²) in [6.45, 7) is 0. The molecule has 0 saturated heterocycles. The third kappa shape index (κ3) is 3.05. The third-order valence-electron chi connectivity index (χ3n) is 2.54. The van der Waals surface area contributed by atoms with Gasteiger partial charge in [0.25, 0.3) is 5.91 Å². The van der Waals surface area contributed by atoms with Crippen molar-refractivity contribution in [1.82, 2.24) is 0 Å². The average Bonchev–Trinajstić information content (AvgIpc) is 2.67. The van der Waals surface area contributed by atoms with Crippen molar-refractivity contribution in [1.29, 1.82) is 0 Å². The largest absolute Gasteiger partial charge is 0.397 e. The fourth-order valence-corrected chi connectivity index (χ4v) is 3.43. The molecule has 2 aromatic rings. The molecule has 2 N–H and O–H groups in total. The first-order chi connectivity index (χ1) is 8.90. The molecule has 0 atom stereocenters. The number of carbonyl (C=O) groups excluding carboxylic acids is 1. The second-order valence-electron chi connectivity index (χ2n) is 3.81. The summed E-state index contributed by atoms with van der Waals surface area (Å²) in [6, 6.07) is 6.88. The Hall–Kier alpha value is -0.750. The van der Waals surface area contributed by atoms with Gasteiger partial charge in [0.1, 0.15) is 4.34 Å². The van der Waals surface area contributed by atoms with Crippen LogP contribution in [0.3, 0.4) is 0 Å². The molecule has 0 radical (unpaired) electrons. The number of hydrogen-bond acceptors (Lipinski definition) is 3. The lowest BCUT2D eigenvalue weighted by atomic mass is 10.2. The highest BCUT2D eigenvalue weighted by Crippen LogP contribution is 2.33. The summed E-state index contributed by atoms with van der Waals surface area (Å²) in [4.78, 5) is 13.8. The minimum Gasteiger partial charge on any atom is -0.397 e. The van der Waals surface area contributed by atoms with Crippen molar-refractivity contribution >= 4 is 67.8 Å². The van der Waals surface area contributed by atoms with Crippen LogP contribution in [-0.4, -0.2) is 13.0 Å². The van der Waals surface area contributed by atoms with Crippen molar-refractivity contribution in [2.24, 2.45) is 0 Å². The molecule has 1 amide bonds. The van der Waals surface area contributed by atoms with Crippen LogP contribution in [0.25, 0.3) is 0 Å². The molecule has 2 rings (SSSR count). The second-order valence-corrected chi connectivity index (χ2v) is 7.01. The lowest BCUT2D eigenvalue weighted by Gasteiger charge is -2.19. The highest BCUT2D eigenvalue weighted by Gasteiger charge is 2.20. The Labute approximate surface area is 133 Å². The number of nitrogens with zero attached hydrogens (tertiary/aromatic N) is 1. The third-order valence-corrected chi connectivity index (χ3v) is 4.52. The fraction of sp³-hybridized carbons (Fsp3) is 0.0833. The summed E-state index contributed by atoms with van der Waals surface area (Å²) in [5.41, 5.74) is 7.40. The van der Waals surface area contributed by atoms with Crippen LogP contribution >= 0.6 is 50.5 Å². The SMILES string of the molecule is CN(C(=O)c1cc(Cl)sc1Cl)c1ccc(Br)cc1N. The summed E-state index contributed by atoms with van der Waals surface area (Å²) in [6.07, 6.45) is 0. The predicted octanol–water partition coefficient (Wildman–Crippen LogP) is 4.68. The van der Waals surface area contributed by atoms with Gasteiger partial charge in [-0.05, 0) is 24.3 Å². The smallest absolute Gasteiger partial charge is 0.260 e. The lowest BCUT2D eigenvalue weighted by Crippen LogP contribution is -2.26. The summed E-state index contributed by atoms with van der Waals surface area (Å²) in [7, 11) is 1.64. The Bertz CT molecular complexity index is 645. The fourth-order valence-electron chi connectivity index (χ4n) is 1.61. The second kappa shape index (κ2) is 5.71. The first kappa shape index (κ1) is 14.7. The van der Waals surface area contributed by atoms with Gasteiger partial charge in [-0.25, -0.2) is 0 Å². The zero-order chi connectivity index (χ0) is 14.2. The van der Waals surface area contributed by atoms with Crippen LogP contribution in [-0.2, 0) is 0 Å².